The number of amides is 1. The number of carbonyl (C=O) groups is 2. The number of hydrogen-bond donors (Lipinski definition) is 2. The van der Waals surface area contributed by atoms with Crippen LogP contribution in [0.1, 0.15) is 16.2 Å². The molecule has 1 amide bonds. The van der Waals surface area contributed by atoms with Crippen LogP contribution in [-0.4, -0.2) is 36.5 Å². The highest BCUT2D eigenvalue weighted by Gasteiger charge is 2.10. The number of aryl methyl sites for hydroxylation is 1. The van der Waals surface area contributed by atoms with Crippen molar-refractivity contribution < 1.29 is 14.7 Å². The summed E-state index contributed by atoms with van der Waals surface area (Å²) < 4.78 is 2.91. The maximum atomic E-state index is 11.8. The Hall–Kier alpha value is -2.64. The van der Waals surface area contributed by atoms with E-state index in [-0.39, 0.29) is 19.0 Å². The summed E-state index contributed by atoms with van der Waals surface area (Å²) in [7, 11) is 1.78. The van der Waals surface area contributed by atoms with E-state index in [0.29, 0.717) is 11.4 Å². The van der Waals surface area contributed by atoms with E-state index in [1.54, 1.807) is 29.9 Å². The second-order valence-corrected chi connectivity index (χ2v) is 3.99. The lowest BCUT2D eigenvalue weighted by Crippen LogP contribution is -2.24. The van der Waals surface area contributed by atoms with E-state index in [2.05, 4.69) is 15.6 Å². The summed E-state index contributed by atoms with van der Waals surface area (Å²) >= 11 is 0. The van der Waals surface area contributed by atoms with Gasteiger partial charge in [0.15, 0.2) is 0 Å². The summed E-state index contributed by atoms with van der Waals surface area (Å²) in [6, 6.07) is 3.48. The second kappa shape index (κ2) is 5.34. The molecule has 19 heavy (non-hydrogen) atoms. The molecule has 8 heteroatoms. The van der Waals surface area contributed by atoms with Crippen LogP contribution in [0.4, 0.5) is 0 Å². The minimum Gasteiger partial charge on any atom is -0.480 e. The van der Waals surface area contributed by atoms with E-state index in [1.165, 1.54) is 10.9 Å². The molecule has 2 aromatic heterocycles. The molecule has 8 nitrogen and oxygen atoms in total. The van der Waals surface area contributed by atoms with Crippen molar-refractivity contribution >= 4 is 11.9 Å². The molecule has 0 atom stereocenters. The first kappa shape index (κ1) is 12.8. The van der Waals surface area contributed by atoms with Gasteiger partial charge in [-0.15, -0.1) is 5.10 Å². The van der Waals surface area contributed by atoms with Crippen LogP contribution in [0.25, 0.3) is 0 Å². The van der Waals surface area contributed by atoms with Crippen molar-refractivity contribution in [3.05, 3.63) is 35.9 Å². The maximum absolute atomic E-state index is 11.8. The standard InChI is InChI=1S/C11H13N5O3/c1-15-4-2-3-9(15)11(19)12-5-8-6-16(14-13-8)7-10(17)18/h2-4,6H,5,7H2,1H3,(H,12,19)(H,17,18). The summed E-state index contributed by atoms with van der Waals surface area (Å²) in [5, 5.41) is 18.7. The van der Waals surface area contributed by atoms with E-state index in [0.717, 1.165) is 0 Å². The van der Waals surface area contributed by atoms with Crippen LogP contribution in [0.3, 0.4) is 0 Å². The molecule has 0 fully saturated rings. The Bertz CT molecular complexity index is 601. The SMILES string of the molecule is Cn1cccc1C(=O)NCc1cn(CC(=O)O)nn1. The quantitative estimate of drug-likeness (QED) is 0.766. The fourth-order valence-corrected chi connectivity index (χ4v) is 1.59. The molecule has 2 rings (SSSR count). The molecule has 0 unspecified atom stereocenters. The van der Waals surface area contributed by atoms with E-state index in [4.69, 9.17) is 5.11 Å². The molecule has 0 bridgehead atoms. The Morgan fingerprint density at radius 1 is 1.47 bits per heavy atom. The van der Waals surface area contributed by atoms with Gasteiger partial charge in [0.2, 0.25) is 0 Å². The molecule has 0 aromatic carbocycles. The Kier molecular flexibility index (Phi) is 3.60. The second-order valence-electron chi connectivity index (χ2n) is 3.99. The van der Waals surface area contributed by atoms with Crippen LogP contribution >= 0.6 is 0 Å². The van der Waals surface area contributed by atoms with Gasteiger partial charge in [0, 0.05) is 13.2 Å². The van der Waals surface area contributed by atoms with Gasteiger partial charge in [-0.2, -0.15) is 0 Å². The van der Waals surface area contributed by atoms with Crippen molar-refractivity contribution in [2.45, 2.75) is 13.1 Å². The number of carbonyl (C=O) groups excluding carboxylic acids is 1. The van der Waals surface area contributed by atoms with Gasteiger partial charge in [-0.25, -0.2) is 4.68 Å². The largest absolute Gasteiger partial charge is 0.480 e. The van der Waals surface area contributed by atoms with Gasteiger partial charge in [-0.1, -0.05) is 5.21 Å². The minimum absolute atomic E-state index is 0.198. The fourth-order valence-electron chi connectivity index (χ4n) is 1.59. The molecule has 0 saturated heterocycles. The summed E-state index contributed by atoms with van der Waals surface area (Å²) in [6.45, 7) is -0.0532. The zero-order valence-electron chi connectivity index (χ0n) is 10.3. The number of nitrogens with zero attached hydrogens (tertiary/aromatic N) is 4. The number of aromatic nitrogens is 4. The van der Waals surface area contributed by atoms with Gasteiger partial charge in [-0.3, -0.25) is 9.59 Å². The van der Waals surface area contributed by atoms with Crippen molar-refractivity contribution in [2.75, 3.05) is 0 Å². The van der Waals surface area contributed by atoms with Crippen molar-refractivity contribution in [3.8, 4) is 0 Å². The summed E-state index contributed by atoms with van der Waals surface area (Å²) in [6.07, 6.45) is 3.26. The van der Waals surface area contributed by atoms with Gasteiger partial charge in [0.1, 0.15) is 17.9 Å². The highest BCUT2D eigenvalue weighted by Crippen LogP contribution is 2.00. The lowest BCUT2D eigenvalue weighted by Gasteiger charge is -2.03. The van der Waals surface area contributed by atoms with Crippen LogP contribution in [0.5, 0.6) is 0 Å². The number of carboxylic acid groups (broad SMARTS) is 1. The van der Waals surface area contributed by atoms with Gasteiger partial charge >= 0.3 is 5.97 Å². The van der Waals surface area contributed by atoms with Gasteiger partial charge in [-0.05, 0) is 12.1 Å². The highest BCUT2D eigenvalue weighted by atomic mass is 16.4. The third-order valence-electron chi connectivity index (χ3n) is 2.49. The first-order valence-corrected chi connectivity index (χ1v) is 5.56. The highest BCUT2D eigenvalue weighted by molar-refractivity contribution is 5.92. The monoisotopic (exact) mass is 263 g/mol. The van der Waals surface area contributed by atoms with Crippen LogP contribution in [-0.2, 0) is 24.9 Å². The molecule has 0 aliphatic rings. The molecule has 0 spiro atoms. The Morgan fingerprint density at radius 3 is 2.89 bits per heavy atom. The molecule has 2 aromatic rings. The normalized spacial score (nSPS) is 10.4. The first-order valence-electron chi connectivity index (χ1n) is 5.56. The molecule has 0 radical (unpaired) electrons. The minimum atomic E-state index is -0.996. The van der Waals surface area contributed by atoms with Gasteiger partial charge < -0.3 is 15.0 Å². The average molecular weight is 263 g/mol. The van der Waals surface area contributed by atoms with Crippen LogP contribution in [0.15, 0.2) is 24.5 Å². The summed E-state index contributed by atoms with van der Waals surface area (Å²) in [4.78, 5) is 22.3. The van der Waals surface area contributed by atoms with E-state index in [1.807, 2.05) is 0 Å². The lowest BCUT2D eigenvalue weighted by molar-refractivity contribution is -0.137. The molecule has 2 heterocycles. The van der Waals surface area contributed by atoms with Crippen LogP contribution in [0, 0.1) is 0 Å². The third kappa shape index (κ3) is 3.18. The number of hydrogen-bond acceptors (Lipinski definition) is 4. The molecule has 0 aliphatic carbocycles. The Morgan fingerprint density at radius 2 is 2.26 bits per heavy atom. The lowest BCUT2D eigenvalue weighted by atomic mass is 10.4. The Balaban J connectivity index is 1.92. The summed E-state index contributed by atoms with van der Waals surface area (Å²) in [5.74, 6) is -1.22. The van der Waals surface area contributed by atoms with Gasteiger partial charge in [0.05, 0.1) is 12.7 Å². The van der Waals surface area contributed by atoms with Crippen molar-refractivity contribution in [1.29, 1.82) is 0 Å². The van der Waals surface area contributed by atoms with Crippen molar-refractivity contribution in [1.82, 2.24) is 24.9 Å². The molecular weight excluding hydrogens is 250 g/mol. The molecule has 0 saturated carbocycles. The molecule has 0 aliphatic heterocycles. The smallest absolute Gasteiger partial charge is 0.325 e. The zero-order chi connectivity index (χ0) is 13.8. The average Bonchev–Trinajstić information content (AvgIpc) is 2.94. The first-order chi connectivity index (χ1) is 9.06. The topological polar surface area (TPSA) is 102 Å². The fraction of sp³-hybridized carbons (Fsp3) is 0.273. The predicted molar refractivity (Wildman–Crippen MR) is 64.2 cm³/mol. The van der Waals surface area contributed by atoms with E-state index in [9.17, 15) is 9.59 Å². The predicted octanol–water partition coefficient (Wildman–Crippen LogP) is -0.369. The van der Waals surface area contributed by atoms with Gasteiger partial charge in [0.25, 0.3) is 5.91 Å². The van der Waals surface area contributed by atoms with Crippen LogP contribution in [0.2, 0.25) is 0 Å². The number of rotatable bonds is 5. The van der Waals surface area contributed by atoms with Crippen LogP contribution < -0.4 is 5.32 Å². The Labute approximate surface area is 108 Å². The van der Waals surface area contributed by atoms with Crippen molar-refractivity contribution in [3.63, 3.8) is 0 Å². The molecule has 100 valence electrons. The third-order valence-corrected chi connectivity index (χ3v) is 2.49. The van der Waals surface area contributed by atoms with E-state index < -0.39 is 5.97 Å². The maximum Gasteiger partial charge on any atom is 0.325 e. The molecular formula is C11H13N5O3. The van der Waals surface area contributed by atoms with E-state index >= 15 is 0 Å². The zero-order valence-corrected chi connectivity index (χ0v) is 10.3. The van der Waals surface area contributed by atoms with Crippen molar-refractivity contribution in [2.24, 2.45) is 7.05 Å². The molecule has 2 N–H and O–H groups in total. The number of nitrogens with one attached hydrogen (secondary N) is 1. The number of carboxylic acids is 1. The summed E-state index contributed by atoms with van der Waals surface area (Å²) in [5.41, 5.74) is 1.04. The number of aliphatic carboxylic acids is 1.